The van der Waals surface area contributed by atoms with Crippen LogP contribution in [-0.2, 0) is 9.59 Å². The first-order chi connectivity index (χ1) is 7.70. The van der Waals surface area contributed by atoms with Gasteiger partial charge in [0.15, 0.2) is 5.41 Å². The molecule has 4 nitrogen and oxygen atoms in total. The Hall–Kier alpha value is 1.58. The van der Waals surface area contributed by atoms with E-state index in [-0.39, 0.29) is 90.2 Å². The number of aliphatic carboxylic acids is 2. The van der Waals surface area contributed by atoms with Gasteiger partial charge in [-0.25, -0.2) is 0 Å². The monoisotopic (exact) mass is 308 g/mol. The molecule has 2 N–H and O–H groups in total. The van der Waals surface area contributed by atoms with Crippen molar-refractivity contribution in [3.63, 3.8) is 0 Å². The molecule has 0 atom stereocenters. The molecule has 0 amide bonds. The number of carbonyl (C=O) groups is 2. The van der Waals surface area contributed by atoms with Gasteiger partial charge in [-0.05, 0) is 11.8 Å². The van der Waals surface area contributed by atoms with Crippen molar-refractivity contribution in [3.8, 4) is 0 Å². The fourth-order valence-electron chi connectivity index (χ4n) is 2.14. The molecule has 0 saturated heterocycles. The van der Waals surface area contributed by atoms with Gasteiger partial charge in [-0.3, -0.25) is 9.59 Å². The molecule has 0 aliphatic heterocycles. The molecule has 0 unspecified atom stereocenters. The van der Waals surface area contributed by atoms with Crippen LogP contribution in [0.1, 0.15) is 62.7 Å². The minimum atomic E-state index is -1.68. The molecule has 0 bridgehead atoms. The molecule has 104 valence electrons. The molecule has 0 aliphatic rings. The molecule has 19 heavy (non-hydrogen) atoms. The summed E-state index contributed by atoms with van der Waals surface area (Å²) in [4.78, 5) is 22.8. The predicted molar refractivity (Wildman–Crippen MR) is 68.1 cm³/mol. The van der Waals surface area contributed by atoms with Crippen molar-refractivity contribution in [1.29, 1.82) is 0 Å². The van der Waals surface area contributed by atoms with Crippen LogP contribution in [0.25, 0.3) is 0 Å². The van der Waals surface area contributed by atoms with E-state index in [1.165, 1.54) is 0 Å². The van der Waals surface area contributed by atoms with Crippen molar-refractivity contribution in [1.82, 2.24) is 0 Å². The largest absolute Gasteiger partial charge is 1.00 e. The molecule has 0 heterocycles. The molecular weight excluding hydrogens is 282 g/mol. The molecule has 0 spiro atoms. The molecular formula is C13H26KNaO4. The van der Waals surface area contributed by atoms with E-state index in [4.69, 9.17) is 0 Å². The van der Waals surface area contributed by atoms with Crippen LogP contribution in [0.5, 0.6) is 0 Å². The van der Waals surface area contributed by atoms with Crippen LogP contribution < -0.4 is 80.9 Å². The second-order valence-electron chi connectivity index (χ2n) is 5.58. The van der Waals surface area contributed by atoms with Crippen molar-refractivity contribution >= 4 is 11.9 Å². The Balaban J connectivity index is -0.000000213. The minimum Gasteiger partial charge on any atom is -1.00 e. The SMILES string of the molecule is CCCCCCC(C(=O)O)(C(=O)O)C(C)(C)C.[H-].[H-].[K+].[Na+]. The summed E-state index contributed by atoms with van der Waals surface area (Å²) < 4.78 is 0. The Kier molecular flexibility index (Phi) is 15.0. The fraction of sp³-hybridized carbons (Fsp3) is 0.846. The fourth-order valence-corrected chi connectivity index (χ4v) is 2.14. The van der Waals surface area contributed by atoms with E-state index < -0.39 is 22.8 Å². The molecule has 0 rings (SSSR count). The summed E-state index contributed by atoms with van der Waals surface area (Å²) in [5, 5.41) is 18.6. The topological polar surface area (TPSA) is 74.6 Å². The van der Waals surface area contributed by atoms with Gasteiger partial charge in [0.1, 0.15) is 0 Å². The number of carboxylic acid groups (broad SMARTS) is 2. The van der Waals surface area contributed by atoms with Crippen LogP contribution in [0, 0.1) is 10.8 Å². The summed E-state index contributed by atoms with van der Waals surface area (Å²) in [6.07, 6.45) is 3.78. The van der Waals surface area contributed by atoms with Crippen molar-refractivity contribution < 1.29 is 104 Å². The summed E-state index contributed by atoms with van der Waals surface area (Å²) >= 11 is 0. The van der Waals surface area contributed by atoms with E-state index >= 15 is 0 Å². The van der Waals surface area contributed by atoms with Crippen LogP contribution in [0.15, 0.2) is 0 Å². The molecule has 0 aromatic heterocycles. The van der Waals surface area contributed by atoms with Gasteiger partial charge in [0.25, 0.3) is 0 Å². The zero-order chi connectivity index (χ0) is 13.7. The summed E-state index contributed by atoms with van der Waals surface area (Å²) in [5.74, 6) is -2.46. The maximum absolute atomic E-state index is 11.4. The molecule has 0 fully saturated rings. The molecule has 0 aliphatic carbocycles. The maximum atomic E-state index is 11.4. The molecule has 0 aromatic carbocycles. The molecule has 0 saturated carbocycles. The zero-order valence-electron chi connectivity index (χ0n) is 15.2. The Bertz CT molecular complexity index is 282. The van der Waals surface area contributed by atoms with Crippen LogP contribution in [0.3, 0.4) is 0 Å². The first-order valence-electron chi connectivity index (χ1n) is 6.17. The Morgan fingerprint density at radius 1 is 1.00 bits per heavy atom. The average Bonchev–Trinajstić information content (AvgIpc) is 2.14. The van der Waals surface area contributed by atoms with Crippen LogP contribution >= 0.6 is 0 Å². The predicted octanol–water partition coefficient (Wildman–Crippen LogP) is -2.61. The van der Waals surface area contributed by atoms with Gasteiger partial charge in [-0.15, -0.1) is 0 Å². The number of hydrogen-bond acceptors (Lipinski definition) is 2. The van der Waals surface area contributed by atoms with E-state index in [9.17, 15) is 19.8 Å². The standard InChI is InChI=1S/C13H24O4.K.Na.2H/c1-5-6-7-8-9-13(10(14)15,11(16)17)12(2,3)4;;;;/h5-9H2,1-4H3,(H,14,15)(H,16,17);;;;/q;2*+1;2*-1. The number of unbranched alkanes of at least 4 members (excludes halogenated alkanes) is 3. The van der Waals surface area contributed by atoms with Crippen LogP contribution in [0.4, 0.5) is 0 Å². The van der Waals surface area contributed by atoms with Gasteiger partial charge < -0.3 is 13.1 Å². The minimum absolute atomic E-state index is 0. The normalized spacial score (nSPS) is 11.2. The number of hydrogen-bond donors (Lipinski definition) is 2. The maximum Gasteiger partial charge on any atom is 1.00 e. The van der Waals surface area contributed by atoms with E-state index in [0.29, 0.717) is 6.42 Å². The zero-order valence-corrected chi connectivity index (χ0v) is 18.4. The van der Waals surface area contributed by atoms with E-state index in [1.807, 2.05) is 0 Å². The molecule has 0 aromatic rings. The van der Waals surface area contributed by atoms with Crippen LogP contribution in [0.2, 0.25) is 0 Å². The first-order valence-corrected chi connectivity index (χ1v) is 6.17. The summed E-state index contributed by atoms with van der Waals surface area (Å²) in [6, 6.07) is 0. The van der Waals surface area contributed by atoms with Crippen molar-refractivity contribution in [3.05, 3.63) is 0 Å². The van der Waals surface area contributed by atoms with Crippen molar-refractivity contribution in [2.45, 2.75) is 59.8 Å². The second kappa shape index (κ2) is 11.2. The Morgan fingerprint density at radius 2 is 1.42 bits per heavy atom. The van der Waals surface area contributed by atoms with Gasteiger partial charge in [0.05, 0.1) is 0 Å². The number of rotatable bonds is 7. The summed E-state index contributed by atoms with van der Waals surface area (Å²) in [6.45, 7) is 7.09. The van der Waals surface area contributed by atoms with Gasteiger partial charge in [0, 0.05) is 0 Å². The van der Waals surface area contributed by atoms with Gasteiger partial charge in [-0.1, -0.05) is 53.4 Å². The Morgan fingerprint density at radius 3 is 1.68 bits per heavy atom. The number of carboxylic acids is 2. The first kappa shape index (κ1) is 25.5. The van der Waals surface area contributed by atoms with Gasteiger partial charge in [0.2, 0.25) is 0 Å². The van der Waals surface area contributed by atoms with Crippen molar-refractivity contribution in [2.75, 3.05) is 0 Å². The average molecular weight is 308 g/mol. The Labute approximate surface area is 183 Å². The third-order valence-corrected chi connectivity index (χ3v) is 3.42. The van der Waals surface area contributed by atoms with E-state index in [1.54, 1.807) is 20.8 Å². The summed E-state index contributed by atoms with van der Waals surface area (Å²) in [7, 11) is 0. The second-order valence-corrected chi connectivity index (χ2v) is 5.58. The smallest absolute Gasteiger partial charge is 1.00 e. The summed E-state index contributed by atoms with van der Waals surface area (Å²) in [5.41, 5.74) is -2.47. The third kappa shape index (κ3) is 6.91. The molecule has 6 heteroatoms. The van der Waals surface area contributed by atoms with Gasteiger partial charge >= 0.3 is 92.9 Å². The van der Waals surface area contributed by atoms with E-state index in [2.05, 4.69) is 6.92 Å². The third-order valence-electron chi connectivity index (χ3n) is 3.42. The molecule has 0 radical (unpaired) electrons. The van der Waals surface area contributed by atoms with Gasteiger partial charge in [-0.2, -0.15) is 0 Å². The quantitative estimate of drug-likeness (QED) is 0.307. The van der Waals surface area contributed by atoms with E-state index in [0.717, 1.165) is 19.3 Å². The van der Waals surface area contributed by atoms with Crippen LogP contribution in [-0.4, -0.2) is 22.2 Å². The van der Waals surface area contributed by atoms with Crippen molar-refractivity contribution in [2.24, 2.45) is 10.8 Å².